The number of ether oxygens (including phenoxy) is 3. The highest BCUT2D eigenvalue weighted by Gasteiger charge is 2.35. The van der Waals surface area contributed by atoms with Crippen LogP contribution in [0.3, 0.4) is 0 Å². The Kier molecular flexibility index (Phi) is 8.08. The first-order chi connectivity index (χ1) is 17.1. The maximum absolute atomic E-state index is 13.5. The first-order valence-corrected chi connectivity index (χ1v) is 12.6. The zero-order chi connectivity index (χ0) is 24.9. The summed E-state index contributed by atoms with van der Waals surface area (Å²) in [6.45, 7) is 5.73. The molecule has 186 valence electrons. The van der Waals surface area contributed by atoms with Gasteiger partial charge in [0, 0.05) is 24.7 Å². The minimum absolute atomic E-state index is 0.277. The Labute approximate surface area is 211 Å². The van der Waals surface area contributed by atoms with Gasteiger partial charge in [0.05, 0.1) is 38.3 Å². The number of hydrogen-bond donors (Lipinski definition) is 0. The normalized spacial score (nSPS) is 16.1. The van der Waals surface area contributed by atoms with Gasteiger partial charge in [0.1, 0.15) is 5.82 Å². The van der Waals surface area contributed by atoms with Crippen molar-refractivity contribution in [3.05, 3.63) is 76.6 Å². The third-order valence-electron chi connectivity index (χ3n) is 6.44. The molecule has 0 amide bonds. The van der Waals surface area contributed by atoms with E-state index in [1.807, 2.05) is 26.0 Å². The summed E-state index contributed by atoms with van der Waals surface area (Å²) in [6.07, 6.45) is 1.83. The Hall–Kier alpha value is -2.90. The van der Waals surface area contributed by atoms with Crippen LogP contribution in [0.2, 0.25) is 0 Å². The van der Waals surface area contributed by atoms with Gasteiger partial charge in [0.15, 0.2) is 23.0 Å². The molecule has 0 saturated heterocycles. The predicted octanol–water partition coefficient (Wildman–Crippen LogP) is 6.62. The second kappa shape index (κ2) is 11.2. The van der Waals surface area contributed by atoms with Crippen LogP contribution in [0.4, 0.5) is 4.39 Å². The molecule has 0 fully saturated rings. The van der Waals surface area contributed by atoms with E-state index in [0.717, 1.165) is 60.8 Å². The van der Waals surface area contributed by atoms with E-state index in [0.29, 0.717) is 10.6 Å². The van der Waals surface area contributed by atoms with E-state index < -0.39 is 0 Å². The Bertz CT molecular complexity index is 1190. The van der Waals surface area contributed by atoms with Crippen molar-refractivity contribution in [3.63, 3.8) is 0 Å². The number of methoxy groups -OCH3 is 3. The monoisotopic (exact) mass is 497 g/mol. The molecule has 0 N–H and O–H groups in total. The van der Waals surface area contributed by atoms with E-state index in [1.54, 1.807) is 27.4 Å². The van der Waals surface area contributed by atoms with Crippen LogP contribution in [0.15, 0.2) is 53.4 Å². The first-order valence-electron chi connectivity index (χ1n) is 11.9. The summed E-state index contributed by atoms with van der Waals surface area (Å²) in [4.78, 5) is 3.19. The van der Waals surface area contributed by atoms with Crippen LogP contribution in [0.5, 0.6) is 23.0 Å². The minimum atomic E-state index is -0.285. The van der Waals surface area contributed by atoms with Crippen LogP contribution in [0.25, 0.3) is 0 Å². The van der Waals surface area contributed by atoms with E-state index in [9.17, 15) is 4.39 Å². The summed E-state index contributed by atoms with van der Waals surface area (Å²) >= 11 is 1.13. The standard InChI is InChI=1S/C26H26FNO4S.C2H6/c1-29-24-12-17-9-10-28-15-21-16(11-22(28)20(17)14-25(24)30-2)7-8-23(26(21)31-3)32-33-19-6-4-5-18(27)13-19;1-2/h4-8,12-14,22H,9-11,15H2,1-3H3;1-2H3. The lowest BCUT2D eigenvalue weighted by atomic mass is 9.83. The van der Waals surface area contributed by atoms with Gasteiger partial charge in [-0.05, 0) is 65.9 Å². The Morgan fingerprint density at radius 3 is 2.37 bits per heavy atom. The number of rotatable bonds is 6. The van der Waals surface area contributed by atoms with Gasteiger partial charge >= 0.3 is 0 Å². The fourth-order valence-corrected chi connectivity index (χ4v) is 5.44. The lowest BCUT2D eigenvalue weighted by Crippen LogP contribution is -2.39. The fraction of sp³-hybridized carbons (Fsp3) is 0.357. The third kappa shape index (κ3) is 5.07. The average molecular weight is 498 g/mol. The van der Waals surface area contributed by atoms with Gasteiger partial charge in [-0.25, -0.2) is 4.39 Å². The SMILES string of the molecule is CC.COc1cc2c(cc1OC)C1Cc3ccc(OSc4cccc(F)c4)c(OC)c3CN1CC2. The van der Waals surface area contributed by atoms with Crippen LogP contribution in [-0.2, 0) is 19.4 Å². The van der Waals surface area contributed by atoms with Gasteiger partial charge in [0.2, 0.25) is 0 Å². The molecule has 1 unspecified atom stereocenters. The molecule has 0 radical (unpaired) electrons. The molecule has 35 heavy (non-hydrogen) atoms. The fourth-order valence-electron chi connectivity index (χ4n) is 4.83. The van der Waals surface area contributed by atoms with Crippen molar-refractivity contribution < 1.29 is 22.8 Å². The topological polar surface area (TPSA) is 40.2 Å². The van der Waals surface area contributed by atoms with Gasteiger partial charge < -0.3 is 18.4 Å². The summed E-state index contributed by atoms with van der Waals surface area (Å²) < 4.78 is 36.3. The van der Waals surface area contributed by atoms with Crippen molar-refractivity contribution in [1.29, 1.82) is 0 Å². The van der Waals surface area contributed by atoms with Crippen molar-refractivity contribution in [2.24, 2.45) is 0 Å². The number of benzene rings is 3. The third-order valence-corrected chi connectivity index (χ3v) is 7.15. The molecule has 0 aromatic heterocycles. The molecule has 3 aromatic rings. The van der Waals surface area contributed by atoms with Crippen LogP contribution >= 0.6 is 12.0 Å². The van der Waals surface area contributed by atoms with Crippen LogP contribution < -0.4 is 18.4 Å². The van der Waals surface area contributed by atoms with Gasteiger partial charge in [-0.1, -0.05) is 26.0 Å². The summed E-state index contributed by atoms with van der Waals surface area (Å²) in [5, 5.41) is 0. The Morgan fingerprint density at radius 1 is 0.886 bits per heavy atom. The van der Waals surface area contributed by atoms with Crippen molar-refractivity contribution in [2.75, 3.05) is 27.9 Å². The first kappa shape index (κ1) is 25.2. The lowest BCUT2D eigenvalue weighted by molar-refractivity contribution is 0.157. The Balaban J connectivity index is 0.00000141. The molecule has 0 bridgehead atoms. The molecular formula is C28H32FNO4S. The molecule has 2 heterocycles. The summed E-state index contributed by atoms with van der Waals surface area (Å²) in [7, 11) is 5.02. The molecule has 1 atom stereocenters. The summed E-state index contributed by atoms with van der Waals surface area (Å²) in [5.74, 6) is 2.65. The number of hydrogen-bond acceptors (Lipinski definition) is 6. The quantitative estimate of drug-likeness (QED) is 0.357. The van der Waals surface area contributed by atoms with E-state index in [4.69, 9.17) is 18.4 Å². The van der Waals surface area contributed by atoms with Gasteiger partial charge in [-0.2, -0.15) is 0 Å². The summed E-state index contributed by atoms with van der Waals surface area (Å²) in [5.41, 5.74) is 5.01. The Morgan fingerprint density at radius 2 is 1.66 bits per heavy atom. The number of halogens is 1. The summed E-state index contributed by atoms with van der Waals surface area (Å²) in [6, 6.07) is 14.9. The molecule has 2 aliphatic rings. The van der Waals surface area contributed by atoms with Crippen LogP contribution in [0, 0.1) is 5.82 Å². The number of nitrogens with zero attached hydrogens (tertiary/aromatic N) is 1. The second-order valence-corrected chi connectivity index (χ2v) is 9.01. The molecule has 5 nitrogen and oxygen atoms in total. The smallest absolute Gasteiger partial charge is 0.180 e. The van der Waals surface area contributed by atoms with Crippen molar-refractivity contribution in [3.8, 4) is 23.0 Å². The largest absolute Gasteiger partial charge is 0.493 e. The van der Waals surface area contributed by atoms with Crippen molar-refractivity contribution in [2.45, 2.75) is 44.2 Å². The maximum Gasteiger partial charge on any atom is 0.180 e. The molecular weight excluding hydrogens is 465 g/mol. The maximum atomic E-state index is 13.5. The minimum Gasteiger partial charge on any atom is -0.493 e. The van der Waals surface area contributed by atoms with Crippen molar-refractivity contribution in [1.82, 2.24) is 4.90 Å². The van der Waals surface area contributed by atoms with Crippen LogP contribution in [0.1, 0.15) is 42.1 Å². The molecule has 3 aromatic carbocycles. The molecule has 0 aliphatic carbocycles. The zero-order valence-corrected chi connectivity index (χ0v) is 21.7. The second-order valence-electron chi connectivity index (χ2n) is 8.21. The van der Waals surface area contributed by atoms with Gasteiger partial charge in [0.25, 0.3) is 0 Å². The van der Waals surface area contributed by atoms with E-state index >= 15 is 0 Å². The van der Waals surface area contributed by atoms with Crippen LogP contribution in [-0.4, -0.2) is 32.8 Å². The zero-order valence-electron chi connectivity index (χ0n) is 20.9. The highest BCUT2D eigenvalue weighted by Crippen LogP contribution is 2.46. The van der Waals surface area contributed by atoms with E-state index in [-0.39, 0.29) is 11.9 Å². The lowest BCUT2D eigenvalue weighted by Gasteiger charge is -2.42. The molecule has 5 rings (SSSR count). The predicted molar refractivity (Wildman–Crippen MR) is 137 cm³/mol. The van der Waals surface area contributed by atoms with Gasteiger partial charge in [-0.15, -0.1) is 0 Å². The number of fused-ring (bicyclic) bond motifs is 4. The molecule has 0 spiro atoms. The van der Waals surface area contributed by atoms with Crippen molar-refractivity contribution >= 4 is 12.0 Å². The van der Waals surface area contributed by atoms with E-state index in [1.165, 1.54) is 28.8 Å². The highest BCUT2D eigenvalue weighted by molar-refractivity contribution is 7.95. The highest BCUT2D eigenvalue weighted by atomic mass is 32.2. The molecule has 0 saturated carbocycles. The van der Waals surface area contributed by atoms with E-state index in [2.05, 4.69) is 23.1 Å². The molecule has 2 aliphatic heterocycles. The molecule has 7 heteroatoms. The van der Waals surface area contributed by atoms with Gasteiger partial charge in [-0.3, -0.25) is 4.90 Å². The average Bonchev–Trinajstić information content (AvgIpc) is 2.90.